The smallest absolute Gasteiger partial charge is 0.336 e. The van der Waals surface area contributed by atoms with Crippen molar-refractivity contribution in [3.05, 3.63) is 62.5 Å². The molecule has 35 heavy (non-hydrogen) atoms. The van der Waals surface area contributed by atoms with Crippen molar-refractivity contribution in [3.8, 4) is 0 Å². The molecule has 0 bridgehead atoms. The van der Waals surface area contributed by atoms with Crippen molar-refractivity contribution in [1.29, 1.82) is 0 Å². The highest BCUT2D eigenvalue weighted by atomic mass is 16.6. The van der Waals surface area contributed by atoms with Crippen LogP contribution < -0.4 is 0 Å². The van der Waals surface area contributed by atoms with E-state index in [2.05, 4.69) is 0 Å². The standard InChI is InChI=1S/C27H38N2O6/c1-6-11-17-34-26(30)24-20(8-3)28(10-5)21(9-4)25(27(31)35-18-12-7-2)23(24)19-15-13-14-16-22(19)29(32)33/h13-16,23H,6-12,17-18H2,1-5H3. The Morgan fingerprint density at radius 1 is 0.886 bits per heavy atom. The van der Waals surface area contributed by atoms with E-state index in [0.717, 1.165) is 24.2 Å². The summed E-state index contributed by atoms with van der Waals surface area (Å²) in [6, 6.07) is 6.28. The molecule has 2 rings (SSSR count). The average Bonchev–Trinajstić information content (AvgIpc) is 2.86. The highest BCUT2D eigenvalue weighted by molar-refractivity contribution is 6.00. The summed E-state index contributed by atoms with van der Waals surface area (Å²) in [6.45, 7) is 10.8. The number of benzene rings is 1. The summed E-state index contributed by atoms with van der Waals surface area (Å²) in [6.07, 6.45) is 4.13. The Morgan fingerprint density at radius 3 is 1.77 bits per heavy atom. The predicted molar refractivity (Wildman–Crippen MR) is 135 cm³/mol. The number of carbonyl (C=O) groups is 2. The summed E-state index contributed by atoms with van der Waals surface area (Å²) in [4.78, 5) is 40.6. The van der Waals surface area contributed by atoms with Gasteiger partial charge in [0.1, 0.15) is 0 Å². The molecule has 0 spiro atoms. The van der Waals surface area contributed by atoms with Gasteiger partial charge >= 0.3 is 11.9 Å². The minimum Gasteiger partial charge on any atom is -0.462 e. The molecule has 1 aliphatic rings. The van der Waals surface area contributed by atoms with Crippen LogP contribution >= 0.6 is 0 Å². The van der Waals surface area contributed by atoms with Gasteiger partial charge in [-0.15, -0.1) is 0 Å². The van der Waals surface area contributed by atoms with E-state index in [1.54, 1.807) is 18.2 Å². The first-order valence-corrected chi connectivity index (χ1v) is 12.7. The fraction of sp³-hybridized carbons (Fsp3) is 0.556. The van der Waals surface area contributed by atoms with Gasteiger partial charge in [0, 0.05) is 29.6 Å². The number of nitro groups is 1. The number of hydrogen-bond acceptors (Lipinski definition) is 7. The fourth-order valence-electron chi connectivity index (χ4n) is 4.53. The van der Waals surface area contributed by atoms with Crippen LogP contribution in [0.2, 0.25) is 0 Å². The van der Waals surface area contributed by atoms with E-state index in [1.165, 1.54) is 6.07 Å². The number of unbranched alkanes of at least 4 members (excludes halogenated alkanes) is 2. The molecule has 1 aromatic carbocycles. The third-order valence-corrected chi connectivity index (χ3v) is 6.18. The number of nitrogens with zero attached hydrogens (tertiary/aromatic N) is 2. The Balaban J connectivity index is 2.84. The quantitative estimate of drug-likeness (QED) is 0.145. The summed E-state index contributed by atoms with van der Waals surface area (Å²) in [5.74, 6) is -2.05. The van der Waals surface area contributed by atoms with Crippen LogP contribution in [-0.4, -0.2) is 41.5 Å². The molecule has 1 aromatic rings. The van der Waals surface area contributed by atoms with Gasteiger partial charge in [-0.1, -0.05) is 58.7 Å². The van der Waals surface area contributed by atoms with Crippen molar-refractivity contribution in [2.24, 2.45) is 0 Å². The summed E-state index contributed by atoms with van der Waals surface area (Å²) >= 11 is 0. The van der Waals surface area contributed by atoms with Gasteiger partial charge in [0.2, 0.25) is 0 Å². The first-order chi connectivity index (χ1) is 16.9. The number of ether oxygens (including phenoxy) is 2. The van der Waals surface area contributed by atoms with Gasteiger partial charge < -0.3 is 14.4 Å². The zero-order valence-electron chi connectivity index (χ0n) is 21.6. The van der Waals surface area contributed by atoms with E-state index in [4.69, 9.17) is 9.47 Å². The highest BCUT2D eigenvalue weighted by Gasteiger charge is 2.43. The number of carbonyl (C=O) groups excluding carboxylic acids is 2. The molecule has 0 aromatic heterocycles. The number of rotatable bonds is 13. The van der Waals surface area contributed by atoms with Crippen molar-refractivity contribution in [3.63, 3.8) is 0 Å². The van der Waals surface area contributed by atoms with Gasteiger partial charge in [0.15, 0.2) is 0 Å². The normalized spacial score (nSPS) is 14.4. The van der Waals surface area contributed by atoms with Gasteiger partial charge in [0.05, 0.1) is 35.2 Å². The van der Waals surface area contributed by atoms with E-state index in [-0.39, 0.29) is 35.6 Å². The molecule has 8 heteroatoms. The lowest BCUT2D eigenvalue weighted by molar-refractivity contribution is -0.385. The van der Waals surface area contributed by atoms with Crippen molar-refractivity contribution in [2.75, 3.05) is 19.8 Å². The van der Waals surface area contributed by atoms with Crippen molar-refractivity contribution >= 4 is 17.6 Å². The van der Waals surface area contributed by atoms with Crippen LogP contribution in [0.5, 0.6) is 0 Å². The summed E-state index contributed by atoms with van der Waals surface area (Å²) in [5, 5.41) is 12.0. The molecular formula is C27H38N2O6. The lowest BCUT2D eigenvalue weighted by atomic mass is 9.78. The molecule has 0 N–H and O–H groups in total. The van der Waals surface area contributed by atoms with Crippen LogP contribution in [0.1, 0.15) is 84.6 Å². The summed E-state index contributed by atoms with van der Waals surface area (Å²) < 4.78 is 11.3. The number of para-hydroxylation sites is 1. The van der Waals surface area contributed by atoms with Gasteiger partial charge in [-0.25, -0.2) is 9.59 Å². The maximum Gasteiger partial charge on any atom is 0.336 e. The Kier molecular flexibility index (Phi) is 11.0. The summed E-state index contributed by atoms with van der Waals surface area (Å²) in [7, 11) is 0. The maximum atomic E-state index is 13.5. The largest absolute Gasteiger partial charge is 0.462 e. The lowest BCUT2D eigenvalue weighted by Crippen LogP contribution is -2.37. The predicted octanol–water partition coefficient (Wildman–Crippen LogP) is 6.03. The second-order valence-electron chi connectivity index (χ2n) is 8.40. The molecule has 1 aliphatic heterocycles. The molecule has 192 valence electrons. The molecule has 0 radical (unpaired) electrons. The third-order valence-electron chi connectivity index (χ3n) is 6.18. The number of hydrogen-bond donors (Lipinski definition) is 0. The summed E-state index contributed by atoms with van der Waals surface area (Å²) in [5.41, 5.74) is 2.14. The zero-order valence-corrected chi connectivity index (χ0v) is 21.6. The lowest BCUT2D eigenvalue weighted by Gasteiger charge is -2.39. The van der Waals surface area contributed by atoms with Crippen molar-refractivity contribution in [1.82, 2.24) is 4.90 Å². The monoisotopic (exact) mass is 486 g/mol. The third kappa shape index (κ3) is 6.29. The van der Waals surface area contributed by atoms with Crippen molar-refractivity contribution in [2.45, 2.75) is 79.1 Å². The van der Waals surface area contributed by atoms with E-state index >= 15 is 0 Å². The second kappa shape index (κ2) is 13.7. The van der Waals surface area contributed by atoms with Gasteiger partial charge in [-0.2, -0.15) is 0 Å². The van der Waals surface area contributed by atoms with Gasteiger partial charge in [-0.3, -0.25) is 10.1 Å². The van der Waals surface area contributed by atoms with Crippen LogP contribution in [0.3, 0.4) is 0 Å². The second-order valence-corrected chi connectivity index (χ2v) is 8.40. The van der Waals surface area contributed by atoms with Gasteiger partial charge in [-0.05, 0) is 32.6 Å². The first kappa shape index (κ1) is 28.1. The van der Waals surface area contributed by atoms with Crippen LogP contribution in [-0.2, 0) is 19.1 Å². The van der Waals surface area contributed by atoms with E-state index in [0.29, 0.717) is 32.2 Å². The van der Waals surface area contributed by atoms with Crippen LogP contribution in [0, 0.1) is 10.1 Å². The molecule has 8 nitrogen and oxygen atoms in total. The number of nitro benzene ring substituents is 1. The van der Waals surface area contributed by atoms with E-state index < -0.39 is 22.8 Å². The highest BCUT2D eigenvalue weighted by Crippen LogP contribution is 2.46. The van der Waals surface area contributed by atoms with Crippen LogP contribution in [0.4, 0.5) is 5.69 Å². The minimum absolute atomic E-state index is 0.147. The Bertz CT molecular complexity index is 934. The van der Waals surface area contributed by atoms with Crippen LogP contribution in [0.25, 0.3) is 0 Å². The molecular weight excluding hydrogens is 448 g/mol. The number of esters is 2. The fourth-order valence-corrected chi connectivity index (χ4v) is 4.53. The first-order valence-electron chi connectivity index (χ1n) is 12.7. The maximum absolute atomic E-state index is 13.5. The molecule has 0 aliphatic carbocycles. The Labute approximate surface area is 208 Å². The number of allylic oxidation sites excluding steroid dienone is 2. The van der Waals surface area contributed by atoms with Gasteiger partial charge in [0.25, 0.3) is 5.69 Å². The van der Waals surface area contributed by atoms with E-state index in [1.807, 2.05) is 39.5 Å². The Hall–Kier alpha value is -3.16. The molecule has 0 unspecified atom stereocenters. The SMILES string of the molecule is CCCCOC(=O)C1=C(CC)N(CC)C(CC)=C(C(=O)OCCCC)C1c1ccccc1[N+](=O)[O-]. The Morgan fingerprint density at radius 2 is 1.37 bits per heavy atom. The molecule has 0 amide bonds. The van der Waals surface area contributed by atoms with E-state index in [9.17, 15) is 19.7 Å². The van der Waals surface area contributed by atoms with Crippen molar-refractivity contribution < 1.29 is 24.0 Å². The van der Waals surface area contributed by atoms with Crippen LogP contribution in [0.15, 0.2) is 46.8 Å². The molecule has 0 atom stereocenters. The topological polar surface area (TPSA) is 99.0 Å². The zero-order chi connectivity index (χ0) is 26.0. The molecule has 1 heterocycles. The molecule has 0 saturated carbocycles. The minimum atomic E-state index is -0.951. The molecule has 0 fully saturated rings. The average molecular weight is 487 g/mol. The molecule has 0 saturated heterocycles.